The Morgan fingerprint density at radius 1 is 1.39 bits per heavy atom. The Morgan fingerprint density at radius 2 is 2.17 bits per heavy atom. The van der Waals surface area contributed by atoms with Crippen LogP contribution in [0.15, 0.2) is 6.07 Å². The minimum Gasteiger partial charge on any atom is -0.378 e. The van der Waals surface area contributed by atoms with Crippen LogP contribution in [-0.4, -0.2) is 36.3 Å². The second-order valence-electron chi connectivity index (χ2n) is 4.66. The third-order valence-corrected chi connectivity index (χ3v) is 3.42. The molecule has 0 aromatic carbocycles. The van der Waals surface area contributed by atoms with Crippen molar-refractivity contribution in [3.8, 4) is 0 Å². The number of rotatable bonds is 5. The molecule has 2 unspecified atom stereocenters. The number of ether oxygens (including phenoxy) is 1. The van der Waals surface area contributed by atoms with Gasteiger partial charge in [0.2, 0.25) is 0 Å². The van der Waals surface area contributed by atoms with Crippen LogP contribution in [0.25, 0.3) is 0 Å². The van der Waals surface area contributed by atoms with Gasteiger partial charge in [-0.1, -0.05) is 6.92 Å². The van der Waals surface area contributed by atoms with Crippen LogP contribution < -0.4 is 10.6 Å². The van der Waals surface area contributed by atoms with Crippen LogP contribution in [0.5, 0.6) is 0 Å². The number of nitrogens with one attached hydrogen (secondary N) is 2. The van der Waals surface area contributed by atoms with Gasteiger partial charge in [-0.2, -0.15) is 0 Å². The molecule has 2 rings (SSSR count). The van der Waals surface area contributed by atoms with E-state index in [2.05, 4.69) is 34.4 Å². The lowest BCUT2D eigenvalue weighted by atomic mass is 10.0. The Morgan fingerprint density at radius 3 is 2.78 bits per heavy atom. The zero-order valence-corrected chi connectivity index (χ0v) is 11.4. The zero-order valence-electron chi connectivity index (χ0n) is 11.4. The number of hydrogen-bond acceptors (Lipinski definition) is 5. The standard InChI is InChI=1S/C13H22N4O/c1-4-11-16-12(14-3)7-13(17-11)15-8-10-5-6-18-9(10)2/h7,9-10H,4-6,8H2,1-3H3,(H2,14,15,16,17). The van der Waals surface area contributed by atoms with Crippen molar-refractivity contribution in [2.24, 2.45) is 5.92 Å². The molecule has 5 heteroatoms. The molecule has 1 aliphatic rings. The summed E-state index contributed by atoms with van der Waals surface area (Å²) in [5.41, 5.74) is 0. The van der Waals surface area contributed by atoms with Crippen LogP contribution in [0.1, 0.15) is 26.1 Å². The van der Waals surface area contributed by atoms with Crippen LogP contribution in [0, 0.1) is 5.92 Å². The first-order valence-corrected chi connectivity index (χ1v) is 6.64. The van der Waals surface area contributed by atoms with Gasteiger partial charge in [0.1, 0.15) is 17.5 Å². The van der Waals surface area contributed by atoms with Crippen LogP contribution in [-0.2, 0) is 11.2 Å². The number of hydrogen-bond donors (Lipinski definition) is 2. The van der Waals surface area contributed by atoms with Gasteiger partial charge in [0, 0.05) is 38.6 Å². The van der Waals surface area contributed by atoms with Crippen LogP contribution in [0.4, 0.5) is 11.6 Å². The number of anilines is 2. The van der Waals surface area contributed by atoms with E-state index in [4.69, 9.17) is 4.74 Å². The lowest BCUT2D eigenvalue weighted by Gasteiger charge is -2.15. The fraction of sp³-hybridized carbons (Fsp3) is 0.692. The molecule has 0 saturated carbocycles. The first-order chi connectivity index (χ1) is 8.72. The van der Waals surface area contributed by atoms with E-state index in [1.54, 1.807) is 0 Å². The quantitative estimate of drug-likeness (QED) is 0.836. The molecule has 2 heterocycles. The molecule has 100 valence electrons. The smallest absolute Gasteiger partial charge is 0.132 e. The highest BCUT2D eigenvalue weighted by Crippen LogP contribution is 2.21. The average molecular weight is 250 g/mol. The zero-order chi connectivity index (χ0) is 13.0. The summed E-state index contributed by atoms with van der Waals surface area (Å²) >= 11 is 0. The van der Waals surface area contributed by atoms with E-state index < -0.39 is 0 Å². The Balaban J connectivity index is 1.99. The van der Waals surface area contributed by atoms with E-state index in [0.717, 1.165) is 43.5 Å². The lowest BCUT2D eigenvalue weighted by molar-refractivity contribution is 0.108. The lowest BCUT2D eigenvalue weighted by Crippen LogP contribution is -2.21. The highest BCUT2D eigenvalue weighted by molar-refractivity contribution is 5.47. The molecule has 18 heavy (non-hydrogen) atoms. The van der Waals surface area contributed by atoms with Crippen molar-refractivity contribution in [2.45, 2.75) is 32.8 Å². The van der Waals surface area contributed by atoms with Crippen LogP contribution in [0.3, 0.4) is 0 Å². The van der Waals surface area contributed by atoms with E-state index in [1.165, 1.54) is 0 Å². The molecule has 0 radical (unpaired) electrons. The second-order valence-corrected chi connectivity index (χ2v) is 4.66. The fourth-order valence-corrected chi connectivity index (χ4v) is 2.15. The number of aromatic nitrogens is 2. The molecule has 5 nitrogen and oxygen atoms in total. The predicted octanol–water partition coefficient (Wildman–Crippen LogP) is 1.92. The van der Waals surface area contributed by atoms with E-state index in [9.17, 15) is 0 Å². The van der Waals surface area contributed by atoms with Gasteiger partial charge in [0.25, 0.3) is 0 Å². The maximum Gasteiger partial charge on any atom is 0.132 e. The van der Waals surface area contributed by atoms with Crippen LogP contribution >= 0.6 is 0 Å². The Bertz CT molecular complexity index is 374. The van der Waals surface area contributed by atoms with Gasteiger partial charge in [0.15, 0.2) is 0 Å². The molecule has 2 atom stereocenters. The molecule has 1 aromatic rings. The van der Waals surface area contributed by atoms with E-state index in [1.807, 2.05) is 13.1 Å². The molecule has 2 N–H and O–H groups in total. The summed E-state index contributed by atoms with van der Waals surface area (Å²) < 4.78 is 5.56. The molecule has 1 aromatic heterocycles. The van der Waals surface area contributed by atoms with Crippen molar-refractivity contribution in [3.63, 3.8) is 0 Å². The first kappa shape index (κ1) is 13.1. The molecule has 0 amide bonds. The summed E-state index contributed by atoms with van der Waals surface area (Å²) in [7, 11) is 1.87. The molecule has 1 fully saturated rings. The highest BCUT2D eigenvalue weighted by Gasteiger charge is 2.23. The molecule has 1 saturated heterocycles. The second kappa shape index (κ2) is 6.00. The normalized spacial score (nSPS) is 23.1. The van der Waals surface area contributed by atoms with Gasteiger partial charge in [-0.25, -0.2) is 9.97 Å². The minimum atomic E-state index is 0.341. The van der Waals surface area contributed by atoms with E-state index >= 15 is 0 Å². The third-order valence-electron chi connectivity index (χ3n) is 3.42. The summed E-state index contributed by atoms with van der Waals surface area (Å²) in [4.78, 5) is 8.86. The molecular weight excluding hydrogens is 228 g/mol. The SMILES string of the molecule is CCc1nc(NC)cc(NCC2CCOC2C)n1. The van der Waals surface area contributed by atoms with Crippen molar-refractivity contribution in [2.75, 3.05) is 30.8 Å². The van der Waals surface area contributed by atoms with E-state index in [-0.39, 0.29) is 0 Å². The van der Waals surface area contributed by atoms with Crippen molar-refractivity contribution in [3.05, 3.63) is 11.9 Å². The van der Waals surface area contributed by atoms with Crippen molar-refractivity contribution >= 4 is 11.6 Å². The van der Waals surface area contributed by atoms with Gasteiger partial charge < -0.3 is 15.4 Å². The summed E-state index contributed by atoms with van der Waals surface area (Å²) in [6, 6.07) is 1.94. The maximum atomic E-state index is 5.56. The van der Waals surface area contributed by atoms with Gasteiger partial charge in [0.05, 0.1) is 6.10 Å². The summed E-state index contributed by atoms with van der Waals surface area (Å²) in [5, 5.41) is 6.46. The molecule has 0 aliphatic carbocycles. The van der Waals surface area contributed by atoms with Crippen molar-refractivity contribution < 1.29 is 4.74 Å². The highest BCUT2D eigenvalue weighted by atomic mass is 16.5. The molecule has 1 aliphatic heterocycles. The minimum absolute atomic E-state index is 0.341. The van der Waals surface area contributed by atoms with Crippen LogP contribution in [0.2, 0.25) is 0 Å². The summed E-state index contributed by atoms with van der Waals surface area (Å²) in [6.07, 6.45) is 2.31. The third kappa shape index (κ3) is 3.10. The summed E-state index contributed by atoms with van der Waals surface area (Å²) in [5.74, 6) is 3.19. The predicted molar refractivity (Wildman–Crippen MR) is 73.0 cm³/mol. The maximum absolute atomic E-state index is 5.56. The van der Waals surface area contributed by atoms with E-state index in [0.29, 0.717) is 12.0 Å². The van der Waals surface area contributed by atoms with Gasteiger partial charge in [-0.15, -0.1) is 0 Å². The number of aryl methyl sites for hydroxylation is 1. The van der Waals surface area contributed by atoms with Crippen molar-refractivity contribution in [1.82, 2.24) is 9.97 Å². The Labute approximate surface area is 108 Å². The Hall–Kier alpha value is -1.36. The first-order valence-electron chi connectivity index (χ1n) is 6.64. The van der Waals surface area contributed by atoms with Crippen molar-refractivity contribution in [1.29, 1.82) is 0 Å². The van der Waals surface area contributed by atoms with Gasteiger partial charge >= 0.3 is 0 Å². The topological polar surface area (TPSA) is 59.1 Å². The molecular formula is C13H22N4O. The van der Waals surface area contributed by atoms with Gasteiger partial charge in [-0.3, -0.25) is 0 Å². The molecule has 0 spiro atoms. The Kier molecular flexibility index (Phi) is 4.36. The summed E-state index contributed by atoms with van der Waals surface area (Å²) in [6.45, 7) is 5.98. The fourth-order valence-electron chi connectivity index (χ4n) is 2.15. The number of nitrogens with zero attached hydrogens (tertiary/aromatic N) is 2. The monoisotopic (exact) mass is 250 g/mol. The van der Waals surface area contributed by atoms with Gasteiger partial charge in [-0.05, 0) is 13.3 Å². The largest absolute Gasteiger partial charge is 0.378 e. The average Bonchev–Trinajstić information content (AvgIpc) is 2.81. The molecule has 0 bridgehead atoms.